The second kappa shape index (κ2) is 8.70. The van der Waals surface area contributed by atoms with Crippen LogP contribution in [0.2, 0.25) is 0 Å². The van der Waals surface area contributed by atoms with Crippen molar-refractivity contribution in [3.63, 3.8) is 0 Å². The fraction of sp³-hybridized carbons (Fsp3) is 0.364. The van der Waals surface area contributed by atoms with Gasteiger partial charge in [0.2, 0.25) is 5.82 Å². The topological polar surface area (TPSA) is 80.6 Å². The van der Waals surface area contributed by atoms with Gasteiger partial charge in [0.05, 0.1) is 10.6 Å². The van der Waals surface area contributed by atoms with Crippen molar-refractivity contribution in [2.24, 2.45) is 0 Å². The number of amides is 2. The summed E-state index contributed by atoms with van der Waals surface area (Å²) in [4.78, 5) is 33.9. The lowest BCUT2D eigenvalue weighted by Crippen LogP contribution is -2.51. The molecule has 8 nitrogen and oxygen atoms in total. The third-order valence-electron chi connectivity index (χ3n) is 4.81. The second-order valence-corrected chi connectivity index (χ2v) is 9.34. The Bertz CT molecular complexity index is 1120. The van der Waals surface area contributed by atoms with Gasteiger partial charge in [0.15, 0.2) is 5.82 Å². The van der Waals surface area contributed by atoms with E-state index in [2.05, 4.69) is 10.1 Å². The fourth-order valence-electron chi connectivity index (χ4n) is 3.32. The lowest BCUT2D eigenvalue weighted by Gasteiger charge is -2.35. The first-order valence-electron chi connectivity index (χ1n) is 10.3. The van der Waals surface area contributed by atoms with Crippen molar-refractivity contribution in [1.82, 2.24) is 24.6 Å². The smallest absolute Gasteiger partial charge is 0.410 e. The van der Waals surface area contributed by atoms with Crippen molar-refractivity contribution in [2.75, 3.05) is 26.2 Å². The zero-order chi connectivity index (χ0) is 22.9. The maximum absolute atomic E-state index is 13.8. The molecule has 0 spiro atoms. The molecule has 1 aliphatic heterocycles. The second-order valence-electron chi connectivity index (χ2n) is 8.39. The highest BCUT2D eigenvalue weighted by Crippen LogP contribution is 2.26. The summed E-state index contributed by atoms with van der Waals surface area (Å²) in [7, 11) is 0. The van der Waals surface area contributed by atoms with Crippen LogP contribution in [0.3, 0.4) is 0 Å². The van der Waals surface area contributed by atoms with Crippen LogP contribution in [0.25, 0.3) is 16.4 Å². The Kier molecular flexibility index (Phi) is 5.96. The number of piperazine rings is 1. The van der Waals surface area contributed by atoms with E-state index in [9.17, 15) is 14.0 Å². The molecule has 2 aromatic heterocycles. The maximum atomic E-state index is 13.8. The number of nitrogens with zero attached hydrogens (tertiary/aromatic N) is 5. The summed E-state index contributed by atoms with van der Waals surface area (Å²) in [6.45, 7) is 6.87. The molecule has 0 N–H and O–H groups in total. The molecule has 0 atom stereocenters. The Morgan fingerprint density at radius 3 is 2.41 bits per heavy atom. The number of hydrogen-bond donors (Lipinski definition) is 0. The normalized spacial score (nSPS) is 14.5. The fourth-order valence-corrected chi connectivity index (χ4v) is 4.01. The van der Waals surface area contributed by atoms with E-state index in [0.29, 0.717) is 37.7 Å². The van der Waals surface area contributed by atoms with E-state index in [4.69, 9.17) is 4.74 Å². The lowest BCUT2D eigenvalue weighted by molar-refractivity contribution is 0.0139. The molecule has 0 bridgehead atoms. The van der Waals surface area contributed by atoms with Gasteiger partial charge in [-0.15, -0.1) is 16.4 Å². The van der Waals surface area contributed by atoms with Crippen LogP contribution in [0.4, 0.5) is 9.18 Å². The van der Waals surface area contributed by atoms with Crippen LogP contribution < -0.4 is 0 Å². The van der Waals surface area contributed by atoms with E-state index < -0.39 is 17.5 Å². The van der Waals surface area contributed by atoms with Crippen molar-refractivity contribution in [1.29, 1.82) is 0 Å². The number of halogens is 1. The number of aromatic nitrogens is 3. The minimum Gasteiger partial charge on any atom is -0.444 e. The minimum atomic E-state index is -0.574. The molecule has 3 aromatic rings. The van der Waals surface area contributed by atoms with E-state index in [1.54, 1.807) is 21.9 Å². The van der Waals surface area contributed by atoms with E-state index in [1.165, 1.54) is 28.2 Å². The van der Waals surface area contributed by atoms with Gasteiger partial charge in [-0.2, -0.15) is 0 Å². The first kappa shape index (κ1) is 21.9. The summed E-state index contributed by atoms with van der Waals surface area (Å²) in [6, 6.07) is 9.74. The third-order valence-corrected chi connectivity index (χ3v) is 5.68. The minimum absolute atomic E-state index is 0.0309. The molecular formula is C22H24FN5O3S. The Labute approximate surface area is 189 Å². The van der Waals surface area contributed by atoms with E-state index >= 15 is 0 Å². The zero-order valence-electron chi connectivity index (χ0n) is 18.1. The molecule has 1 saturated heterocycles. The van der Waals surface area contributed by atoms with Crippen LogP contribution in [0.15, 0.2) is 41.8 Å². The lowest BCUT2D eigenvalue weighted by atomic mass is 10.2. The zero-order valence-corrected chi connectivity index (χ0v) is 18.9. The van der Waals surface area contributed by atoms with Gasteiger partial charge in [-0.05, 0) is 50.4 Å². The first-order chi connectivity index (χ1) is 15.2. The Morgan fingerprint density at radius 1 is 1.06 bits per heavy atom. The average molecular weight is 458 g/mol. The standard InChI is InChI=1S/C22H24FN5O3S/c1-22(2,3)31-21(30)27-11-9-26(10-12-27)20(29)18-24-19(17-8-5-13-32-17)28(25-18)16-7-4-6-15(23)14-16/h4-8,13-14H,9-12H2,1-3H3. The molecule has 10 heteroatoms. The summed E-state index contributed by atoms with van der Waals surface area (Å²) in [5, 5.41) is 6.30. The summed E-state index contributed by atoms with van der Waals surface area (Å²) in [5.74, 6) is -0.229. The molecule has 1 aliphatic rings. The van der Waals surface area contributed by atoms with Gasteiger partial charge in [-0.25, -0.2) is 18.9 Å². The molecule has 168 valence electrons. The number of carbonyl (C=O) groups excluding carboxylic acids is 2. The number of thiophene rings is 1. The van der Waals surface area contributed by atoms with Crippen molar-refractivity contribution < 1.29 is 18.7 Å². The number of ether oxygens (including phenoxy) is 1. The van der Waals surface area contributed by atoms with Crippen LogP contribution in [-0.2, 0) is 4.74 Å². The van der Waals surface area contributed by atoms with Gasteiger partial charge in [0.25, 0.3) is 5.91 Å². The number of rotatable bonds is 3. The van der Waals surface area contributed by atoms with Gasteiger partial charge < -0.3 is 14.5 Å². The van der Waals surface area contributed by atoms with Crippen LogP contribution in [0.1, 0.15) is 31.4 Å². The number of hydrogen-bond acceptors (Lipinski definition) is 6. The van der Waals surface area contributed by atoms with Crippen molar-refractivity contribution >= 4 is 23.3 Å². The van der Waals surface area contributed by atoms with E-state index in [0.717, 1.165) is 4.88 Å². The summed E-state index contributed by atoms with van der Waals surface area (Å²) in [5.41, 5.74) is -0.0923. The molecule has 4 rings (SSSR count). The van der Waals surface area contributed by atoms with Gasteiger partial charge in [0.1, 0.15) is 11.4 Å². The molecular weight excluding hydrogens is 433 g/mol. The Morgan fingerprint density at radius 2 is 1.78 bits per heavy atom. The molecule has 0 unspecified atom stereocenters. The van der Waals surface area contributed by atoms with E-state index in [1.807, 2.05) is 38.3 Å². The maximum Gasteiger partial charge on any atom is 0.410 e. The van der Waals surface area contributed by atoms with Gasteiger partial charge in [-0.3, -0.25) is 4.79 Å². The highest BCUT2D eigenvalue weighted by Gasteiger charge is 2.30. The molecule has 0 saturated carbocycles. The predicted octanol–water partition coefficient (Wildman–Crippen LogP) is 3.83. The Hall–Kier alpha value is -3.27. The first-order valence-corrected chi connectivity index (χ1v) is 11.1. The average Bonchev–Trinajstić information content (AvgIpc) is 3.42. The largest absolute Gasteiger partial charge is 0.444 e. The van der Waals surface area contributed by atoms with Crippen LogP contribution in [-0.4, -0.2) is 68.3 Å². The molecule has 0 aliphatic carbocycles. The monoisotopic (exact) mass is 457 g/mol. The quantitative estimate of drug-likeness (QED) is 0.597. The Balaban J connectivity index is 1.54. The van der Waals surface area contributed by atoms with Crippen LogP contribution in [0, 0.1) is 5.82 Å². The van der Waals surface area contributed by atoms with Gasteiger partial charge in [-0.1, -0.05) is 12.1 Å². The van der Waals surface area contributed by atoms with Crippen molar-refractivity contribution in [3.05, 3.63) is 53.4 Å². The molecule has 2 amide bonds. The molecule has 3 heterocycles. The summed E-state index contributed by atoms with van der Waals surface area (Å²) >= 11 is 1.46. The van der Waals surface area contributed by atoms with Gasteiger partial charge >= 0.3 is 6.09 Å². The number of carbonyl (C=O) groups is 2. The summed E-state index contributed by atoms with van der Waals surface area (Å²) < 4.78 is 20.7. The van der Waals surface area contributed by atoms with Crippen LogP contribution in [0.5, 0.6) is 0 Å². The van der Waals surface area contributed by atoms with Gasteiger partial charge in [0, 0.05) is 26.2 Å². The number of benzene rings is 1. The van der Waals surface area contributed by atoms with Crippen molar-refractivity contribution in [2.45, 2.75) is 26.4 Å². The molecule has 1 aromatic carbocycles. The van der Waals surface area contributed by atoms with Crippen molar-refractivity contribution in [3.8, 4) is 16.4 Å². The molecule has 32 heavy (non-hydrogen) atoms. The predicted molar refractivity (Wildman–Crippen MR) is 118 cm³/mol. The summed E-state index contributed by atoms with van der Waals surface area (Å²) in [6.07, 6.45) is -0.391. The molecule has 1 fully saturated rings. The molecule has 0 radical (unpaired) electrons. The highest BCUT2D eigenvalue weighted by molar-refractivity contribution is 7.13. The van der Waals surface area contributed by atoms with E-state index in [-0.39, 0.29) is 11.7 Å². The highest BCUT2D eigenvalue weighted by atomic mass is 32.1. The SMILES string of the molecule is CC(C)(C)OC(=O)N1CCN(C(=O)c2nc(-c3cccs3)n(-c3cccc(F)c3)n2)CC1. The van der Waals surface area contributed by atoms with Crippen LogP contribution >= 0.6 is 11.3 Å². The third kappa shape index (κ3) is 4.80.